The van der Waals surface area contributed by atoms with E-state index in [1.165, 1.54) is 50.5 Å². The molecule has 170 valence electrons. The smallest absolute Gasteiger partial charge is 0.333 e. The van der Waals surface area contributed by atoms with Gasteiger partial charge in [-0.25, -0.2) is 4.79 Å². The number of allylic oxidation sites excluding steroid dienone is 2. The Morgan fingerprint density at radius 1 is 0.862 bits per heavy atom. The highest BCUT2D eigenvalue weighted by atomic mass is 28.4. The van der Waals surface area contributed by atoms with Crippen molar-refractivity contribution in [3.05, 3.63) is 23.3 Å². The van der Waals surface area contributed by atoms with Crippen molar-refractivity contribution >= 4 is 14.3 Å². The Kier molecular flexibility index (Phi) is 14.6. The Balaban J connectivity index is 3.69. The van der Waals surface area contributed by atoms with Crippen molar-refractivity contribution in [1.82, 2.24) is 0 Å². The molecule has 0 amide bonds. The van der Waals surface area contributed by atoms with Crippen molar-refractivity contribution in [3.63, 3.8) is 0 Å². The molecule has 0 radical (unpaired) electrons. The van der Waals surface area contributed by atoms with Crippen molar-refractivity contribution in [1.29, 1.82) is 0 Å². The summed E-state index contributed by atoms with van der Waals surface area (Å²) in [6.07, 6.45) is 15.5. The minimum atomic E-state index is -1.63. The molecule has 29 heavy (non-hydrogen) atoms. The van der Waals surface area contributed by atoms with Crippen LogP contribution in [-0.2, 0) is 14.0 Å². The van der Waals surface area contributed by atoms with Gasteiger partial charge in [-0.05, 0) is 64.6 Å². The zero-order valence-electron chi connectivity index (χ0n) is 20.7. The molecule has 0 aliphatic heterocycles. The molecule has 0 aromatic carbocycles. The van der Waals surface area contributed by atoms with Crippen LogP contribution >= 0.6 is 0 Å². The van der Waals surface area contributed by atoms with Gasteiger partial charge in [0, 0.05) is 5.57 Å². The molecule has 0 aromatic heterocycles. The quantitative estimate of drug-likeness (QED) is 0.0878. The third-order valence-electron chi connectivity index (χ3n) is 5.92. The molecule has 0 spiro atoms. The molecule has 0 heterocycles. The van der Waals surface area contributed by atoms with E-state index in [1.54, 1.807) is 0 Å². The first-order chi connectivity index (χ1) is 13.5. The number of esters is 1. The molecule has 0 rings (SSSR count). The fourth-order valence-corrected chi connectivity index (χ4v) is 3.76. The molecule has 0 unspecified atom stereocenters. The van der Waals surface area contributed by atoms with Gasteiger partial charge >= 0.3 is 5.97 Å². The lowest BCUT2D eigenvalue weighted by Gasteiger charge is -2.36. The average Bonchev–Trinajstić information content (AvgIpc) is 2.63. The summed E-state index contributed by atoms with van der Waals surface area (Å²) in [5.74, 6) is -0.177. The number of ether oxygens (including phenoxy) is 1. The van der Waals surface area contributed by atoms with Gasteiger partial charge in [-0.3, -0.25) is 0 Å². The zero-order chi connectivity index (χ0) is 22.3. The number of carbonyl (C=O) groups is 1. The molecule has 4 heteroatoms. The molecule has 0 aliphatic carbocycles. The zero-order valence-corrected chi connectivity index (χ0v) is 21.7. The second-order valence-corrected chi connectivity index (χ2v) is 14.6. The molecule has 0 fully saturated rings. The summed E-state index contributed by atoms with van der Waals surface area (Å²) in [5.41, 5.74) is 2.12. The van der Waals surface area contributed by atoms with Crippen LogP contribution in [0, 0.1) is 0 Å². The molecule has 3 nitrogen and oxygen atoms in total. The number of unbranched alkanes of at least 4 members (excludes halogenated alkanes) is 8. The molecule has 0 N–H and O–H groups in total. The Labute approximate surface area is 182 Å². The van der Waals surface area contributed by atoms with Crippen LogP contribution in [0.3, 0.4) is 0 Å². The minimum absolute atomic E-state index is 0.177. The third-order valence-corrected chi connectivity index (χ3v) is 10.4. The van der Waals surface area contributed by atoms with Gasteiger partial charge in [-0.2, -0.15) is 0 Å². The topological polar surface area (TPSA) is 35.5 Å². The lowest BCUT2D eigenvalue weighted by Crippen LogP contribution is -2.41. The molecule has 0 aliphatic rings. The van der Waals surface area contributed by atoms with Crippen LogP contribution in [0.15, 0.2) is 23.3 Å². The largest absolute Gasteiger partial charge is 0.463 e. The second kappa shape index (κ2) is 15.0. The van der Waals surface area contributed by atoms with Crippen molar-refractivity contribution < 1.29 is 14.0 Å². The fraction of sp³-hybridized carbons (Fsp3) is 0.800. The number of carbonyl (C=O) groups excluding carboxylic acids is 1. The summed E-state index contributed by atoms with van der Waals surface area (Å²) >= 11 is 0. The maximum Gasteiger partial charge on any atom is 0.333 e. The lowest BCUT2D eigenvalue weighted by molar-refractivity contribution is -0.138. The second-order valence-electron chi connectivity index (χ2n) is 9.76. The number of hydrogen-bond acceptors (Lipinski definition) is 3. The van der Waals surface area contributed by atoms with Crippen molar-refractivity contribution in [2.75, 3.05) is 13.2 Å². The van der Waals surface area contributed by atoms with Crippen LogP contribution in [0.1, 0.15) is 99.3 Å². The van der Waals surface area contributed by atoms with Crippen LogP contribution in [-0.4, -0.2) is 27.5 Å². The van der Waals surface area contributed by atoms with Gasteiger partial charge in [0.1, 0.15) is 0 Å². The first-order valence-corrected chi connectivity index (χ1v) is 14.6. The Morgan fingerprint density at radius 2 is 1.34 bits per heavy atom. The van der Waals surface area contributed by atoms with Crippen LogP contribution in [0.25, 0.3) is 0 Å². The summed E-state index contributed by atoms with van der Waals surface area (Å²) in [4.78, 5) is 11.5. The maximum absolute atomic E-state index is 11.5. The summed E-state index contributed by atoms with van der Waals surface area (Å²) in [6.45, 7) is 18.6. The highest BCUT2D eigenvalue weighted by Crippen LogP contribution is 2.36. The molecular formula is C25H48O3Si. The van der Waals surface area contributed by atoms with Gasteiger partial charge in [0.05, 0.1) is 13.2 Å². The van der Waals surface area contributed by atoms with Gasteiger partial charge < -0.3 is 9.16 Å². The Hall–Kier alpha value is -0.873. The highest BCUT2D eigenvalue weighted by Gasteiger charge is 2.36. The van der Waals surface area contributed by atoms with E-state index in [4.69, 9.17) is 9.16 Å². The van der Waals surface area contributed by atoms with E-state index in [2.05, 4.69) is 46.9 Å². The standard InChI is InChI=1S/C25H48O3Si/c1-9-27-24(26)23(3)20-18-16-14-12-10-11-13-15-17-19-22(2)21-28-29(7,8)25(4,5)6/h19-20H,9-18,21H2,1-8H3/b22-19+,23-20+. The van der Waals surface area contributed by atoms with E-state index in [9.17, 15) is 4.79 Å². The van der Waals surface area contributed by atoms with E-state index in [1.807, 2.05) is 19.9 Å². The van der Waals surface area contributed by atoms with E-state index in [0.29, 0.717) is 6.61 Å². The summed E-state index contributed by atoms with van der Waals surface area (Å²) < 4.78 is 11.3. The van der Waals surface area contributed by atoms with Gasteiger partial charge in [0.25, 0.3) is 0 Å². The van der Waals surface area contributed by atoms with Crippen molar-refractivity contribution in [2.45, 2.75) is 117 Å². The number of rotatable bonds is 15. The molecule has 0 bridgehead atoms. The van der Waals surface area contributed by atoms with E-state index in [0.717, 1.165) is 25.0 Å². The van der Waals surface area contributed by atoms with E-state index >= 15 is 0 Å². The van der Waals surface area contributed by atoms with Crippen molar-refractivity contribution in [3.8, 4) is 0 Å². The lowest BCUT2D eigenvalue weighted by atomic mass is 10.1. The predicted molar refractivity (Wildman–Crippen MR) is 129 cm³/mol. The Morgan fingerprint density at radius 3 is 1.83 bits per heavy atom. The molecule has 0 saturated carbocycles. The van der Waals surface area contributed by atoms with Gasteiger partial charge in [0.2, 0.25) is 0 Å². The SMILES string of the molecule is CCOC(=O)/C(C)=C/CCCCCCCCC/C=C(\C)CO[Si](C)(C)C(C)(C)C. The number of hydrogen-bond donors (Lipinski definition) is 0. The predicted octanol–water partition coefficient (Wildman–Crippen LogP) is 7.97. The normalized spacial score (nSPS) is 13.7. The van der Waals surface area contributed by atoms with Gasteiger partial charge in [-0.1, -0.05) is 70.6 Å². The molecular weight excluding hydrogens is 376 g/mol. The first-order valence-electron chi connectivity index (χ1n) is 11.6. The molecule has 0 aromatic rings. The van der Waals surface area contributed by atoms with Crippen LogP contribution in [0.2, 0.25) is 18.1 Å². The third kappa shape index (κ3) is 13.9. The van der Waals surface area contributed by atoms with E-state index in [-0.39, 0.29) is 11.0 Å². The highest BCUT2D eigenvalue weighted by molar-refractivity contribution is 6.74. The average molecular weight is 425 g/mol. The fourth-order valence-electron chi connectivity index (χ4n) is 2.74. The van der Waals surface area contributed by atoms with Gasteiger partial charge in [-0.15, -0.1) is 0 Å². The summed E-state index contributed by atoms with van der Waals surface area (Å²) in [7, 11) is -1.63. The van der Waals surface area contributed by atoms with Gasteiger partial charge in [0.15, 0.2) is 8.32 Å². The molecule has 0 saturated heterocycles. The maximum atomic E-state index is 11.5. The van der Waals surface area contributed by atoms with Crippen LogP contribution < -0.4 is 0 Å². The Bertz CT molecular complexity index is 513. The minimum Gasteiger partial charge on any atom is -0.463 e. The molecule has 0 atom stereocenters. The van der Waals surface area contributed by atoms with Crippen LogP contribution in [0.4, 0.5) is 0 Å². The monoisotopic (exact) mass is 424 g/mol. The van der Waals surface area contributed by atoms with E-state index < -0.39 is 8.32 Å². The first kappa shape index (κ1) is 28.1. The summed E-state index contributed by atoms with van der Waals surface area (Å²) in [5, 5.41) is 0.281. The summed E-state index contributed by atoms with van der Waals surface area (Å²) in [6, 6.07) is 0. The van der Waals surface area contributed by atoms with Crippen molar-refractivity contribution in [2.24, 2.45) is 0 Å². The van der Waals surface area contributed by atoms with Crippen LogP contribution in [0.5, 0.6) is 0 Å².